The highest BCUT2D eigenvalue weighted by atomic mass is 32.2. The number of anilines is 1. The van der Waals surface area contributed by atoms with E-state index in [4.69, 9.17) is 9.47 Å². The first-order chi connectivity index (χ1) is 15.5. The second-order valence-corrected chi connectivity index (χ2v) is 8.99. The molecule has 0 fully saturated rings. The van der Waals surface area contributed by atoms with Gasteiger partial charge in [0.2, 0.25) is 0 Å². The number of nitrogens with zero attached hydrogens (tertiary/aromatic N) is 2. The predicted molar refractivity (Wildman–Crippen MR) is 120 cm³/mol. The van der Waals surface area contributed by atoms with Gasteiger partial charge < -0.3 is 9.47 Å². The fraction of sp³-hybridized carbons (Fsp3) is 0.130. The van der Waals surface area contributed by atoms with Crippen LogP contribution in [0.25, 0.3) is 10.9 Å². The molecule has 5 rings (SSSR count). The molecule has 1 aromatic heterocycles. The molecule has 4 aromatic rings. The molecule has 0 saturated heterocycles. The van der Waals surface area contributed by atoms with Gasteiger partial charge in [-0.05, 0) is 35.9 Å². The van der Waals surface area contributed by atoms with Gasteiger partial charge in [-0.1, -0.05) is 30.3 Å². The third-order valence-electron chi connectivity index (χ3n) is 5.10. The maximum absolute atomic E-state index is 13.0. The number of ether oxygens (including phenoxy) is 2. The van der Waals surface area contributed by atoms with Gasteiger partial charge in [-0.25, -0.2) is 13.4 Å². The van der Waals surface area contributed by atoms with E-state index in [0.29, 0.717) is 42.2 Å². The van der Waals surface area contributed by atoms with Crippen LogP contribution in [0.1, 0.15) is 5.56 Å². The van der Waals surface area contributed by atoms with Crippen molar-refractivity contribution in [2.24, 2.45) is 0 Å². The van der Waals surface area contributed by atoms with Gasteiger partial charge in [0.25, 0.3) is 15.6 Å². The van der Waals surface area contributed by atoms with Gasteiger partial charge >= 0.3 is 0 Å². The number of sulfonamides is 1. The van der Waals surface area contributed by atoms with Crippen LogP contribution in [0.4, 0.5) is 5.69 Å². The summed E-state index contributed by atoms with van der Waals surface area (Å²) in [7, 11) is -3.90. The standard InChI is InChI=1S/C23H19N3O5S/c27-23-19-12-17(6-8-20(19)24-15-26(23)14-16-4-2-1-3-5-16)25-32(28,29)18-7-9-21-22(13-18)31-11-10-30-21/h1-9,12-13,15,25H,10-11,14H2. The van der Waals surface area contributed by atoms with Crippen LogP contribution in [0.3, 0.4) is 0 Å². The van der Waals surface area contributed by atoms with E-state index in [9.17, 15) is 13.2 Å². The number of benzene rings is 3. The predicted octanol–water partition coefficient (Wildman–Crippen LogP) is 3.02. The zero-order chi connectivity index (χ0) is 22.1. The summed E-state index contributed by atoms with van der Waals surface area (Å²) in [5, 5.41) is 0.325. The Balaban J connectivity index is 1.46. The van der Waals surface area contributed by atoms with E-state index in [-0.39, 0.29) is 16.1 Å². The fourth-order valence-electron chi connectivity index (χ4n) is 3.52. The first-order valence-corrected chi connectivity index (χ1v) is 11.4. The highest BCUT2D eigenvalue weighted by Crippen LogP contribution is 2.32. The van der Waals surface area contributed by atoms with Gasteiger partial charge in [0, 0.05) is 11.8 Å². The molecule has 3 aromatic carbocycles. The molecule has 1 aliphatic rings. The molecule has 0 aliphatic carbocycles. The van der Waals surface area contributed by atoms with Crippen LogP contribution in [-0.4, -0.2) is 31.2 Å². The Hall–Kier alpha value is -3.85. The quantitative estimate of drug-likeness (QED) is 0.503. The van der Waals surface area contributed by atoms with E-state index in [1.165, 1.54) is 29.1 Å². The Morgan fingerprint density at radius 1 is 0.938 bits per heavy atom. The van der Waals surface area contributed by atoms with Gasteiger partial charge in [-0.3, -0.25) is 14.1 Å². The third kappa shape index (κ3) is 3.90. The van der Waals surface area contributed by atoms with Crippen LogP contribution in [-0.2, 0) is 16.6 Å². The number of fused-ring (bicyclic) bond motifs is 2. The average molecular weight is 449 g/mol. The molecule has 1 N–H and O–H groups in total. The van der Waals surface area contributed by atoms with Gasteiger partial charge in [0.05, 0.1) is 28.7 Å². The lowest BCUT2D eigenvalue weighted by molar-refractivity contribution is 0.171. The minimum Gasteiger partial charge on any atom is -0.486 e. The first-order valence-electron chi connectivity index (χ1n) is 9.95. The largest absolute Gasteiger partial charge is 0.486 e. The van der Waals surface area contributed by atoms with E-state index in [0.717, 1.165) is 5.56 Å². The van der Waals surface area contributed by atoms with Crippen molar-refractivity contribution >= 4 is 26.6 Å². The lowest BCUT2D eigenvalue weighted by Crippen LogP contribution is -2.21. The van der Waals surface area contributed by atoms with Crippen molar-refractivity contribution in [1.82, 2.24) is 9.55 Å². The number of rotatable bonds is 5. The van der Waals surface area contributed by atoms with Crippen LogP contribution >= 0.6 is 0 Å². The maximum atomic E-state index is 13.0. The normalized spacial score (nSPS) is 13.1. The molecule has 32 heavy (non-hydrogen) atoms. The van der Waals surface area contributed by atoms with E-state index in [2.05, 4.69) is 9.71 Å². The molecule has 0 radical (unpaired) electrons. The van der Waals surface area contributed by atoms with Crippen molar-refractivity contribution in [2.75, 3.05) is 17.9 Å². The highest BCUT2D eigenvalue weighted by molar-refractivity contribution is 7.92. The molecule has 162 valence electrons. The van der Waals surface area contributed by atoms with Gasteiger partial charge in [0.15, 0.2) is 11.5 Å². The molecule has 8 nitrogen and oxygen atoms in total. The minimum absolute atomic E-state index is 0.0366. The third-order valence-corrected chi connectivity index (χ3v) is 6.47. The monoisotopic (exact) mass is 449 g/mol. The molecule has 2 heterocycles. The van der Waals surface area contributed by atoms with Gasteiger partial charge in [0.1, 0.15) is 13.2 Å². The Kier molecular flexibility index (Phi) is 5.02. The first kappa shape index (κ1) is 20.1. The molecule has 0 bridgehead atoms. The number of aromatic nitrogens is 2. The summed E-state index contributed by atoms with van der Waals surface area (Å²) in [5.41, 5.74) is 1.47. The molecule has 9 heteroatoms. The molecule has 0 amide bonds. The Morgan fingerprint density at radius 2 is 1.72 bits per heavy atom. The minimum atomic E-state index is -3.90. The molecular weight excluding hydrogens is 430 g/mol. The van der Waals surface area contributed by atoms with Crippen molar-refractivity contribution in [3.63, 3.8) is 0 Å². The van der Waals surface area contributed by atoms with Crippen molar-refractivity contribution in [1.29, 1.82) is 0 Å². The van der Waals surface area contributed by atoms with Crippen LogP contribution in [0.15, 0.2) is 82.7 Å². The Labute approximate surface area is 184 Å². The second kappa shape index (κ2) is 8.01. The molecule has 0 spiro atoms. The lowest BCUT2D eigenvalue weighted by atomic mass is 10.2. The van der Waals surface area contributed by atoms with E-state index in [1.807, 2.05) is 30.3 Å². The number of nitrogens with one attached hydrogen (secondary N) is 1. The van der Waals surface area contributed by atoms with E-state index in [1.54, 1.807) is 18.2 Å². The van der Waals surface area contributed by atoms with Crippen molar-refractivity contribution < 1.29 is 17.9 Å². The van der Waals surface area contributed by atoms with Crippen LogP contribution in [0.5, 0.6) is 11.5 Å². The maximum Gasteiger partial charge on any atom is 0.262 e. The Bertz CT molecular complexity index is 1470. The van der Waals surface area contributed by atoms with Crippen molar-refractivity contribution in [3.8, 4) is 11.5 Å². The second-order valence-electron chi connectivity index (χ2n) is 7.31. The molecule has 0 unspecified atom stereocenters. The topological polar surface area (TPSA) is 99.5 Å². The van der Waals surface area contributed by atoms with Crippen molar-refractivity contribution in [2.45, 2.75) is 11.4 Å². The number of hydrogen-bond donors (Lipinski definition) is 1. The van der Waals surface area contributed by atoms with Crippen LogP contribution < -0.4 is 19.8 Å². The zero-order valence-corrected chi connectivity index (χ0v) is 17.7. The molecular formula is C23H19N3O5S. The summed E-state index contributed by atoms with van der Waals surface area (Å²) in [6, 6.07) is 18.7. The summed E-state index contributed by atoms with van der Waals surface area (Å²) in [6.07, 6.45) is 1.50. The number of hydrogen-bond acceptors (Lipinski definition) is 6. The van der Waals surface area contributed by atoms with Crippen LogP contribution in [0, 0.1) is 0 Å². The summed E-state index contributed by atoms with van der Waals surface area (Å²) in [5.74, 6) is 0.886. The van der Waals surface area contributed by atoms with E-state index >= 15 is 0 Å². The SMILES string of the molecule is O=c1c2cc(NS(=O)(=O)c3ccc4c(c3)OCCO4)ccc2ncn1Cc1ccccc1. The van der Waals surface area contributed by atoms with Crippen LogP contribution in [0.2, 0.25) is 0 Å². The van der Waals surface area contributed by atoms with Gasteiger partial charge in [-0.2, -0.15) is 0 Å². The summed E-state index contributed by atoms with van der Waals surface area (Å²) in [6.45, 7) is 1.15. The average Bonchev–Trinajstić information content (AvgIpc) is 2.81. The Morgan fingerprint density at radius 3 is 2.53 bits per heavy atom. The highest BCUT2D eigenvalue weighted by Gasteiger charge is 2.20. The summed E-state index contributed by atoms with van der Waals surface area (Å²) < 4.78 is 40.8. The summed E-state index contributed by atoms with van der Waals surface area (Å²) >= 11 is 0. The summed E-state index contributed by atoms with van der Waals surface area (Å²) in [4.78, 5) is 17.4. The zero-order valence-electron chi connectivity index (χ0n) is 16.9. The molecule has 0 atom stereocenters. The van der Waals surface area contributed by atoms with E-state index < -0.39 is 10.0 Å². The van der Waals surface area contributed by atoms with Crippen molar-refractivity contribution in [3.05, 3.63) is 89.0 Å². The molecule has 1 aliphatic heterocycles. The fourth-order valence-corrected chi connectivity index (χ4v) is 4.58. The lowest BCUT2D eigenvalue weighted by Gasteiger charge is -2.19. The van der Waals surface area contributed by atoms with Gasteiger partial charge in [-0.15, -0.1) is 0 Å². The molecule has 0 saturated carbocycles. The smallest absolute Gasteiger partial charge is 0.262 e.